The topological polar surface area (TPSA) is 104 Å². The number of ether oxygens (including phenoxy) is 1. The standard InChI is InChI=1S/C16H19N3O4/c1-23-16(22)9-2-4-10(5-3-9)19-13-11-6-7-17-14(11)18-8-12(13)15(20)21/h6-10H,2-5H2,1H3,(H,20,21)(H2,17,18,19). The number of carbonyl (C=O) groups excluding carboxylic acids is 1. The van der Waals surface area contributed by atoms with Gasteiger partial charge >= 0.3 is 11.9 Å². The molecule has 0 aliphatic heterocycles. The Labute approximate surface area is 133 Å². The fraction of sp³-hybridized carbons (Fsp3) is 0.438. The molecule has 122 valence electrons. The number of rotatable bonds is 4. The summed E-state index contributed by atoms with van der Waals surface area (Å²) in [5.41, 5.74) is 1.40. The van der Waals surface area contributed by atoms with Crippen LogP contribution >= 0.6 is 0 Å². The van der Waals surface area contributed by atoms with Crippen LogP contribution in [0.25, 0.3) is 11.0 Å². The number of carboxylic acid groups (broad SMARTS) is 1. The molecule has 0 saturated heterocycles. The first kappa shape index (κ1) is 15.3. The van der Waals surface area contributed by atoms with Gasteiger partial charge in [0.25, 0.3) is 0 Å². The summed E-state index contributed by atoms with van der Waals surface area (Å²) < 4.78 is 4.79. The van der Waals surface area contributed by atoms with Crippen molar-refractivity contribution in [2.24, 2.45) is 5.92 Å². The predicted molar refractivity (Wildman–Crippen MR) is 84.4 cm³/mol. The van der Waals surface area contributed by atoms with Crippen LogP contribution < -0.4 is 5.32 Å². The number of methoxy groups -OCH3 is 1. The van der Waals surface area contributed by atoms with E-state index in [1.165, 1.54) is 13.3 Å². The van der Waals surface area contributed by atoms with Crippen molar-refractivity contribution < 1.29 is 19.4 Å². The highest BCUT2D eigenvalue weighted by atomic mass is 16.5. The number of carbonyl (C=O) groups is 2. The van der Waals surface area contributed by atoms with E-state index >= 15 is 0 Å². The molecule has 0 radical (unpaired) electrons. The van der Waals surface area contributed by atoms with E-state index in [2.05, 4.69) is 15.3 Å². The summed E-state index contributed by atoms with van der Waals surface area (Å²) in [6.07, 6.45) is 6.19. The molecule has 2 aromatic rings. The number of anilines is 1. The van der Waals surface area contributed by atoms with Gasteiger partial charge in [0, 0.05) is 23.8 Å². The number of aromatic nitrogens is 2. The number of carboxylic acids is 1. The number of hydrogen-bond acceptors (Lipinski definition) is 5. The first-order chi connectivity index (χ1) is 11.1. The van der Waals surface area contributed by atoms with Gasteiger partial charge in [0.05, 0.1) is 18.7 Å². The van der Waals surface area contributed by atoms with E-state index in [-0.39, 0.29) is 23.5 Å². The number of nitrogens with zero attached hydrogens (tertiary/aromatic N) is 1. The van der Waals surface area contributed by atoms with E-state index in [1.807, 2.05) is 6.07 Å². The van der Waals surface area contributed by atoms with Crippen molar-refractivity contribution in [2.45, 2.75) is 31.7 Å². The van der Waals surface area contributed by atoms with E-state index in [0.717, 1.165) is 31.1 Å². The maximum atomic E-state index is 11.6. The van der Waals surface area contributed by atoms with Crippen LogP contribution in [0.1, 0.15) is 36.0 Å². The minimum absolute atomic E-state index is 0.0540. The largest absolute Gasteiger partial charge is 0.478 e. The third kappa shape index (κ3) is 2.99. The normalized spacial score (nSPS) is 21.1. The molecule has 7 nitrogen and oxygen atoms in total. The van der Waals surface area contributed by atoms with Gasteiger partial charge in [0.2, 0.25) is 0 Å². The molecule has 3 rings (SSSR count). The molecule has 0 amide bonds. The number of H-pyrrole nitrogens is 1. The van der Waals surface area contributed by atoms with E-state index in [4.69, 9.17) is 4.74 Å². The molecule has 1 fully saturated rings. The van der Waals surface area contributed by atoms with Crippen molar-refractivity contribution in [1.82, 2.24) is 9.97 Å². The smallest absolute Gasteiger partial charge is 0.339 e. The van der Waals surface area contributed by atoms with Crippen LogP contribution in [0.4, 0.5) is 5.69 Å². The van der Waals surface area contributed by atoms with Crippen LogP contribution in [0.5, 0.6) is 0 Å². The number of aromatic carboxylic acids is 1. The molecule has 1 saturated carbocycles. The maximum Gasteiger partial charge on any atom is 0.339 e. The molecule has 2 aromatic heterocycles. The zero-order chi connectivity index (χ0) is 16.4. The Balaban J connectivity index is 1.79. The van der Waals surface area contributed by atoms with E-state index < -0.39 is 5.97 Å². The highest BCUT2D eigenvalue weighted by molar-refractivity contribution is 6.03. The quantitative estimate of drug-likeness (QED) is 0.748. The SMILES string of the molecule is COC(=O)C1CCC(Nc2c(C(=O)O)cnc3[nH]ccc23)CC1. The van der Waals surface area contributed by atoms with Crippen molar-refractivity contribution in [3.05, 3.63) is 24.0 Å². The number of fused-ring (bicyclic) bond motifs is 1. The Morgan fingerprint density at radius 1 is 1.35 bits per heavy atom. The number of hydrogen-bond donors (Lipinski definition) is 3. The molecule has 3 N–H and O–H groups in total. The summed E-state index contributed by atoms with van der Waals surface area (Å²) in [5, 5.41) is 13.5. The monoisotopic (exact) mass is 317 g/mol. The highest BCUT2D eigenvalue weighted by Gasteiger charge is 2.28. The first-order valence-corrected chi connectivity index (χ1v) is 7.64. The minimum atomic E-state index is -1.01. The van der Waals surface area contributed by atoms with E-state index in [0.29, 0.717) is 11.3 Å². The van der Waals surface area contributed by atoms with Gasteiger partial charge in [-0.2, -0.15) is 0 Å². The lowest BCUT2D eigenvalue weighted by atomic mass is 9.86. The van der Waals surface area contributed by atoms with Crippen LogP contribution in [-0.2, 0) is 9.53 Å². The van der Waals surface area contributed by atoms with Crippen LogP contribution in [0.3, 0.4) is 0 Å². The van der Waals surface area contributed by atoms with Crippen LogP contribution in [0, 0.1) is 5.92 Å². The third-order valence-electron chi connectivity index (χ3n) is 4.43. The second-order valence-electron chi connectivity index (χ2n) is 5.81. The summed E-state index contributed by atoms with van der Waals surface area (Å²) >= 11 is 0. The maximum absolute atomic E-state index is 11.6. The Morgan fingerprint density at radius 3 is 2.74 bits per heavy atom. The summed E-state index contributed by atoms with van der Waals surface area (Å²) in [5.74, 6) is -1.22. The summed E-state index contributed by atoms with van der Waals surface area (Å²) in [7, 11) is 1.41. The lowest BCUT2D eigenvalue weighted by molar-refractivity contribution is -0.146. The molecular formula is C16H19N3O4. The van der Waals surface area contributed by atoms with Crippen molar-refractivity contribution in [3.63, 3.8) is 0 Å². The number of nitrogens with one attached hydrogen (secondary N) is 2. The van der Waals surface area contributed by atoms with Gasteiger partial charge < -0.3 is 20.1 Å². The van der Waals surface area contributed by atoms with Crippen LogP contribution in [0.15, 0.2) is 18.5 Å². The van der Waals surface area contributed by atoms with Crippen molar-refractivity contribution in [2.75, 3.05) is 12.4 Å². The second-order valence-corrected chi connectivity index (χ2v) is 5.81. The number of aromatic amines is 1. The Hall–Kier alpha value is -2.57. The molecule has 0 atom stereocenters. The predicted octanol–water partition coefficient (Wildman–Crippen LogP) is 2.40. The average molecular weight is 317 g/mol. The van der Waals surface area contributed by atoms with E-state index in [9.17, 15) is 14.7 Å². The molecule has 0 aromatic carbocycles. The summed E-state index contributed by atoms with van der Waals surface area (Å²) in [6, 6.07) is 1.95. The molecule has 23 heavy (non-hydrogen) atoms. The number of pyridine rings is 1. The molecule has 0 spiro atoms. The lowest BCUT2D eigenvalue weighted by Gasteiger charge is -2.29. The Kier molecular flexibility index (Phi) is 4.18. The van der Waals surface area contributed by atoms with E-state index in [1.54, 1.807) is 6.20 Å². The Bertz CT molecular complexity index is 732. The van der Waals surface area contributed by atoms with Crippen molar-refractivity contribution >= 4 is 28.7 Å². The summed E-state index contributed by atoms with van der Waals surface area (Å²) in [6.45, 7) is 0. The van der Waals surface area contributed by atoms with Crippen LogP contribution in [-0.4, -0.2) is 40.2 Å². The van der Waals surface area contributed by atoms with Gasteiger partial charge in [-0.15, -0.1) is 0 Å². The highest BCUT2D eigenvalue weighted by Crippen LogP contribution is 2.31. The van der Waals surface area contributed by atoms with Crippen LogP contribution in [0.2, 0.25) is 0 Å². The van der Waals surface area contributed by atoms with Gasteiger partial charge in [0.1, 0.15) is 11.2 Å². The molecule has 0 unspecified atom stereocenters. The minimum Gasteiger partial charge on any atom is -0.478 e. The second kappa shape index (κ2) is 6.28. The average Bonchev–Trinajstić information content (AvgIpc) is 3.04. The fourth-order valence-electron chi connectivity index (χ4n) is 3.17. The molecule has 1 aliphatic carbocycles. The molecule has 0 bridgehead atoms. The first-order valence-electron chi connectivity index (χ1n) is 7.64. The zero-order valence-corrected chi connectivity index (χ0v) is 12.8. The van der Waals surface area contributed by atoms with Gasteiger partial charge in [-0.05, 0) is 31.7 Å². The van der Waals surface area contributed by atoms with Gasteiger partial charge in [-0.1, -0.05) is 0 Å². The molecule has 7 heteroatoms. The van der Waals surface area contributed by atoms with Gasteiger partial charge in [-0.3, -0.25) is 4.79 Å². The number of esters is 1. The van der Waals surface area contributed by atoms with Gasteiger partial charge in [0.15, 0.2) is 0 Å². The summed E-state index contributed by atoms with van der Waals surface area (Å²) in [4.78, 5) is 30.2. The molecular weight excluding hydrogens is 298 g/mol. The lowest BCUT2D eigenvalue weighted by Crippen LogP contribution is -2.30. The molecule has 1 aliphatic rings. The van der Waals surface area contributed by atoms with Crippen molar-refractivity contribution in [3.8, 4) is 0 Å². The Morgan fingerprint density at radius 2 is 2.09 bits per heavy atom. The molecule has 2 heterocycles. The fourth-order valence-corrected chi connectivity index (χ4v) is 3.17. The van der Waals surface area contributed by atoms with Crippen molar-refractivity contribution in [1.29, 1.82) is 0 Å². The third-order valence-corrected chi connectivity index (χ3v) is 4.43. The van der Waals surface area contributed by atoms with Gasteiger partial charge in [-0.25, -0.2) is 9.78 Å². The zero-order valence-electron chi connectivity index (χ0n) is 12.8.